The van der Waals surface area contributed by atoms with Gasteiger partial charge in [0.1, 0.15) is 5.60 Å². The van der Waals surface area contributed by atoms with Gasteiger partial charge in [0.25, 0.3) is 5.91 Å². The number of carbonyl (C=O) groups is 1. The van der Waals surface area contributed by atoms with Crippen LogP contribution >= 0.6 is 0 Å². The molecule has 1 saturated carbocycles. The molecule has 0 aromatic carbocycles. The minimum atomic E-state index is -1.19. The molecule has 1 aliphatic rings. The topological polar surface area (TPSA) is 75.3 Å². The number of amides is 1. The second kappa shape index (κ2) is 3.19. The van der Waals surface area contributed by atoms with Crippen LogP contribution in [0.5, 0.6) is 0 Å². The first-order valence-corrected chi connectivity index (χ1v) is 3.92. The Morgan fingerprint density at radius 2 is 1.91 bits per heavy atom. The van der Waals surface area contributed by atoms with Gasteiger partial charge >= 0.3 is 0 Å². The summed E-state index contributed by atoms with van der Waals surface area (Å²) < 4.78 is 0. The van der Waals surface area contributed by atoms with E-state index in [0.717, 1.165) is 19.3 Å². The van der Waals surface area contributed by atoms with Crippen LogP contribution in [0, 0.1) is 0 Å². The summed E-state index contributed by atoms with van der Waals surface area (Å²) in [6.07, 6.45) is 3.99. The molecule has 4 heteroatoms. The average Bonchev–Trinajstić information content (AvgIpc) is 2.04. The molecule has 4 nitrogen and oxygen atoms in total. The van der Waals surface area contributed by atoms with Gasteiger partial charge in [-0.25, -0.2) is 5.84 Å². The first-order chi connectivity index (χ1) is 5.19. The lowest BCUT2D eigenvalue weighted by atomic mass is 9.84. The molecule has 1 aliphatic carbocycles. The van der Waals surface area contributed by atoms with Crippen LogP contribution < -0.4 is 11.3 Å². The van der Waals surface area contributed by atoms with Crippen LogP contribution in [-0.2, 0) is 4.79 Å². The maximum absolute atomic E-state index is 11.0. The number of carbonyl (C=O) groups excluding carboxylic acids is 1. The minimum Gasteiger partial charge on any atom is -0.380 e. The average molecular weight is 158 g/mol. The Balaban J connectivity index is 2.56. The van der Waals surface area contributed by atoms with Crippen molar-refractivity contribution in [3.8, 4) is 0 Å². The van der Waals surface area contributed by atoms with E-state index in [1.807, 2.05) is 5.43 Å². The zero-order valence-electron chi connectivity index (χ0n) is 6.47. The van der Waals surface area contributed by atoms with E-state index in [2.05, 4.69) is 0 Å². The van der Waals surface area contributed by atoms with E-state index in [-0.39, 0.29) is 0 Å². The van der Waals surface area contributed by atoms with Gasteiger partial charge in [-0.1, -0.05) is 19.3 Å². The van der Waals surface area contributed by atoms with Crippen molar-refractivity contribution in [1.82, 2.24) is 5.43 Å². The molecule has 11 heavy (non-hydrogen) atoms. The first-order valence-electron chi connectivity index (χ1n) is 3.92. The summed E-state index contributed by atoms with van der Waals surface area (Å²) in [5.74, 6) is 4.48. The van der Waals surface area contributed by atoms with Gasteiger partial charge in [0.05, 0.1) is 0 Å². The van der Waals surface area contributed by atoms with Crippen molar-refractivity contribution in [3.63, 3.8) is 0 Å². The van der Waals surface area contributed by atoms with Crippen molar-refractivity contribution >= 4 is 5.91 Å². The van der Waals surface area contributed by atoms with Crippen LogP contribution in [0.15, 0.2) is 0 Å². The molecule has 1 fully saturated rings. The number of rotatable bonds is 1. The molecule has 0 saturated heterocycles. The van der Waals surface area contributed by atoms with E-state index < -0.39 is 11.5 Å². The number of nitrogens with one attached hydrogen (secondary N) is 1. The SMILES string of the molecule is NNC(=O)C1(O)CCCCC1. The lowest BCUT2D eigenvalue weighted by Crippen LogP contribution is -2.50. The number of hydrogen-bond donors (Lipinski definition) is 3. The third-order valence-electron chi connectivity index (χ3n) is 2.23. The zero-order chi connectivity index (χ0) is 8.32. The summed E-state index contributed by atoms with van der Waals surface area (Å²) in [4.78, 5) is 11.0. The fraction of sp³-hybridized carbons (Fsp3) is 0.857. The molecule has 1 rings (SSSR count). The van der Waals surface area contributed by atoms with Gasteiger partial charge < -0.3 is 5.11 Å². The van der Waals surface area contributed by atoms with Crippen LogP contribution in [0.4, 0.5) is 0 Å². The van der Waals surface area contributed by atoms with Crippen molar-refractivity contribution in [2.75, 3.05) is 0 Å². The fourth-order valence-electron chi connectivity index (χ4n) is 1.50. The second-order valence-corrected chi connectivity index (χ2v) is 3.07. The smallest absolute Gasteiger partial charge is 0.265 e. The number of hydrogen-bond acceptors (Lipinski definition) is 3. The van der Waals surface area contributed by atoms with Crippen molar-refractivity contribution in [2.24, 2.45) is 5.84 Å². The molecule has 0 atom stereocenters. The third-order valence-corrected chi connectivity index (χ3v) is 2.23. The van der Waals surface area contributed by atoms with Crippen LogP contribution in [0.25, 0.3) is 0 Å². The van der Waals surface area contributed by atoms with Crippen molar-refractivity contribution in [2.45, 2.75) is 37.7 Å². The van der Waals surface area contributed by atoms with Crippen LogP contribution in [-0.4, -0.2) is 16.6 Å². The summed E-state index contributed by atoms with van der Waals surface area (Å²) in [5.41, 5.74) is 0.799. The molecular weight excluding hydrogens is 144 g/mol. The quantitative estimate of drug-likeness (QED) is 0.278. The van der Waals surface area contributed by atoms with Crippen molar-refractivity contribution in [1.29, 1.82) is 0 Å². The van der Waals surface area contributed by atoms with Gasteiger partial charge in [0.2, 0.25) is 0 Å². The molecule has 0 aromatic rings. The molecular formula is C7H14N2O2. The van der Waals surface area contributed by atoms with Crippen LogP contribution in [0.1, 0.15) is 32.1 Å². The van der Waals surface area contributed by atoms with Crippen LogP contribution in [0.3, 0.4) is 0 Å². The monoisotopic (exact) mass is 158 g/mol. The Hall–Kier alpha value is -0.610. The molecule has 0 heterocycles. The summed E-state index contributed by atoms with van der Waals surface area (Å²) in [7, 11) is 0. The summed E-state index contributed by atoms with van der Waals surface area (Å²) >= 11 is 0. The first kappa shape index (κ1) is 8.49. The maximum Gasteiger partial charge on any atom is 0.265 e. The standard InChI is InChI=1S/C7H14N2O2/c8-9-6(10)7(11)4-2-1-3-5-7/h11H,1-5,8H2,(H,9,10). The number of hydrazine groups is 1. The van der Waals surface area contributed by atoms with E-state index in [4.69, 9.17) is 5.84 Å². The molecule has 0 bridgehead atoms. The van der Waals surface area contributed by atoms with E-state index >= 15 is 0 Å². The highest BCUT2D eigenvalue weighted by Crippen LogP contribution is 2.27. The predicted molar refractivity (Wildman–Crippen MR) is 40.4 cm³/mol. The van der Waals surface area contributed by atoms with Gasteiger partial charge in [-0.3, -0.25) is 10.2 Å². The van der Waals surface area contributed by atoms with E-state index in [1.165, 1.54) is 0 Å². The van der Waals surface area contributed by atoms with Gasteiger partial charge in [0.15, 0.2) is 0 Å². The lowest BCUT2D eigenvalue weighted by molar-refractivity contribution is -0.143. The molecule has 0 aromatic heterocycles. The Morgan fingerprint density at radius 3 is 2.36 bits per heavy atom. The Bertz CT molecular complexity index is 153. The van der Waals surface area contributed by atoms with E-state index in [9.17, 15) is 9.90 Å². The highest BCUT2D eigenvalue weighted by Gasteiger charge is 2.36. The van der Waals surface area contributed by atoms with E-state index in [1.54, 1.807) is 0 Å². The molecule has 0 aliphatic heterocycles. The summed E-state index contributed by atoms with van der Waals surface area (Å²) in [6.45, 7) is 0. The summed E-state index contributed by atoms with van der Waals surface area (Å²) in [6, 6.07) is 0. The van der Waals surface area contributed by atoms with Gasteiger partial charge in [-0.15, -0.1) is 0 Å². The Labute approximate surface area is 65.7 Å². The Morgan fingerprint density at radius 1 is 1.36 bits per heavy atom. The fourth-order valence-corrected chi connectivity index (χ4v) is 1.50. The molecule has 64 valence electrons. The lowest BCUT2D eigenvalue weighted by Gasteiger charge is -2.29. The second-order valence-electron chi connectivity index (χ2n) is 3.07. The Kier molecular flexibility index (Phi) is 2.46. The minimum absolute atomic E-state index is 0.447. The molecule has 4 N–H and O–H groups in total. The maximum atomic E-state index is 11.0. The van der Waals surface area contributed by atoms with Gasteiger partial charge in [-0.2, -0.15) is 0 Å². The third kappa shape index (κ3) is 1.70. The molecule has 0 unspecified atom stereocenters. The highest BCUT2D eigenvalue weighted by molar-refractivity contribution is 5.84. The van der Waals surface area contributed by atoms with Crippen LogP contribution in [0.2, 0.25) is 0 Å². The van der Waals surface area contributed by atoms with E-state index in [0.29, 0.717) is 12.8 Å². The molecule has 0 spiro atoms. The number of nitrogens with two attached hydrogens (primary N) is 1. The normalized spacial score (nSPS) is 22.7. The predicted octanol–water partition coefficient (Wildman–Crippen LogP) is -0.329. The molecule has 1 amide bonds. The molecule has 0 radical (unpaired) electrons. The van der Waals surface area contributed by atoms with Gasteiger partial charge in [-0.05, 0) is 12.8 Å². The highest BCUT2D eigenvalue weighted by atomic mass is 16.3. The van der Waals surface area contributed by atoms with Gasteiger partial charge in [0, 0.05) is 0 Å². The summed E-state index contributed by atoms with van der Waals surface area (Å²) in [5, 5.41) is 9.65. The number of aliphatic hydroxyl groups is 1. The van der Waals surface area contributed by atoms with Crippen molar-refractivity contribution in [3.05, 3.63) is 0 Å². The zero-order valence-corrected chi connectivity index (χ0v) is 6.47. The van der Waals surface area contributed by atoms with Crippen molar-refractivity contribution < 1.29 is 9.90 Å². The largest absolute Gasteiger partial charge is 0.380 e.